The zero-order valence-corrected chi connectivity index (χ0v) is 11.1. The molecule has 6 heteroatoms. The molecule has 4 N–H and O–H groups in total. The Kier molecular flexibility index (Phi) is 4.24. The van der Waals surface area contributed by atoms with Crippen LogP contribution in [-0.4, -0.2) is 11.5 Å². The maximum absolute atomic E-state index is 8.70. The molecule has 0 unspecified atom stereocenters. The van der Waals surface area contributed by atoms with Crippen LogP contribution in [-0.2, 0) is 0 Å². The summed E-state index contributed by atoms with van der Waals surface area (Å²) in [7, 11) is 0. The molecular weight excluding hydrogens is 282 g/mol. The van der Waals surface area contributed by atoms with Crippen molar-refractivity contribution in [2.24, 2.45) is 10.8 Å². The van der Waals surface area contributed by atoms with E-state index in [1.807, 2.05) is 26.0 Å². The molecule has 17 heavy (non-hydrogen) atoms. The third kappa shape index (κ3) is 3.29. The minimum Gasteiger partial charge on any atom is -0.382 e. The number of anilines is 1. The highest BCUT2D eigenvalue weighted by Gasteiger charge is 2.05. The Bertz CT molecular complexity index is 527. The first-order valence-electron chi connectivity index (χ1n) is 4.80. The largest absolute Gasteiger partial charge is 0.382 e. The number of halogens is 1. The number of hydrogen-bond donors (Lipinski definition) is 3. The van der Waals surface area contributed by atoms with Crippen molar-refractivity contribution in [3.05, 3.63) is 27.7 Å². The minimum absolute atomic E-state index is 0.137. The van der Waals surface area contributed by atoms with Gasteiger partial charge in [-0.15, -0.1) is 0 Å². The summed E-state index contributed by atoms with van der Waals surface area (Å²) >= 11 is 3.43. The molecule has 0 saturated carbocycles. The van der Waals surface area contributed by atoms with Gasteiger partial charge in [0.2, 0.25) is 5.71 Å². The normalized spacial score (nSPS) is 10.8. The summed E-state index contributed by atoms with van der Waals surface area (Å²) in [4.78, 5) is 0. The molecule has 1 aromatic rings. The van der Waals surface area contributed by atoms with Crippen molar-refractivity contribution in [2.75, 3.05) is 5.43 Å². The van der Waals surface area contributed by atoms with Crippen molar-refractivity contribution in [3.8, 4) is 6.07 Å². The average molecular weight is 294 g/mol. The molecule has 0 bridgehead atoms. The van der Waals surface area contributed by atoms with Gasteiger partial charge in [0.05, 0.1) is 5.69 Å². The third-order valence-electron chi connectivity index (χ3n) is 2.14. The number of nitrogens with one attached hydrogen (secondary N) is 2. The Balaban J connectivity index is 3.05. The summed E-state index contributed by atoms with van der Waals surface area (Å²) in [5.41, 5.74) is 10.6. The molecule has 1 aromatic carbocycles. The minimum atomic E-state index is -0.357. The van der Waals surface area contributed by atoms with Crippen LogP contribution >= 0.6 is 15.9 Å². The third-order valence-corrected chi connectivity index (χ3v) is 2.96. The lowest BCUT2D eigenvalue weighted by atomic mass is 10.1. The number of aryl methyl sites for hydroxylation is 1. The highest BCUT2D eigenvalue weighted by molar-refractivity contribution is 9.10. The fourth-order valence-corrected chi connectivity index (χ4v) is 1.77. The van der Waals surface area contributed by atoms with Crippen LogP contribution < -0.4 is 11.2 Å². The molecule has 0 aliphatic rings. The van der Waals surface area contributed by atoms with Crippen LogP contribution in [0.3, 0.4) is 0 Å². The summed E-state index contributed by atoms with van der Waals surface area (Å²) in [5, 5.41) is 19.6. The van der Waals surface area contributed by atoms with Gasteiger partial charge in [0.1, 0.15) is 6.07 Å². The molecule has 0 amide bonds. The number of hydrazone groups is 1. The van der Waals surface area contributed by atoms with E-state index >= 15 is 0 Å². The highest BCUT2D eigenvalue weighted by Crippen LogP contribution is 2.25. The van der Waals surface area contributed by atoms with Crippen LogP contribution in [0.5, 0.6) is 0 Å². The van der Waals surface area contributed by atoms with Gasteiger partial charge >= 0.3 is 0 Å². The van der Waals surface area contributed by atoms with E-state index in [0.29, 0.717) is 0 Å². The summed E-state index contributed by atoms with van der Waals surface area (Å²) in [6, 6.07) is 5.63. The van der Waals surface area contributed by atoms with Crippen LogP contribution in [0, 0.1) is 30.6 Å². The number of rotatable bonds is 3. The van der Waals surface area contributed by atoms with E-state index in [1.54, 1.807) is 6.07 Å². The number of nitrogens with two attached hydrogens (primary N) is 1. The first kappa shape index (κ1) is 13.2. The summed E-state index contributed by atoms with van der Waals surface area (Å²) in [5.74, 6) is -0.357. The van der Waals surface area contributed by atoms with Crippen molar-refractivity contribution < 1.29 is 0 Å². The fraction of sp³-hybridized carbons (Fsp3) is 0.182. The molecule has 0 aliphatic carbocycles. The standard InChI is InChI=1S/C11H12BrN5/c1-6-3-8(12)7(2)9(4-6)16-17-10(5-13)11(14)15/h3-4,16H,1-2H3,(H3,14,15)/b17-10+. The van der Waals surface area contributed by atoms with Crippen molar-refractivity contribution in [1.82, 2.24) is 0 Å². The molecule has 5 nitrogen and oxygen atoms in total. The van der Waals surface area contributed by atoms with E-state index in [0.717, 1.165) is 21.3 Å². The van der Waals surface area contributed by atoms with Gasteiger partial charge < -0.3 is 5.73 Å². The quantitative estimate of drug-likeness (QED) is 0.453. The molecule has 0 radical (unpaired) electrons. The molecule has 1 rings (SSSR count). The molecule has 0 aliphatic heterocycles. The topological polar surface area (TPSA) is 98.0 Å². The summed E-state index contributed by atoms with van der Waals surface area (Å²) in [6.45, 7) is 3.87. The fourth-order valence-electron chi connectivity index (χ4n) is 1.19. The molecule has 0 atom stereocenters. The van der Waals surface area contributed by atoms with E-state index in [4.69, 9.17) is 16.4 Å². The van der Waals surface area contributed by atoms with Gasteiger partial charge in [0.15, 0.2) is 5.84 Å². The Morgan fingerprint density at radius 2 is 2.18 bits per heavy atom. The van der Waals surface area contributed by atoms with E-state index in [1.165, 1.54) is 0 Å². The Hall–Kier alpha value is -1.87. The molecule has 0 heterocycles. The molecule has 0 saturated heterocycles. The zero-order chi connectivity index (χ0) is 13.0. The second-order valence-electron chi connectivity index (χ2n) is 3.52. The maximum atomic E-state index is 8.70. The summed E-state index contributed by atoms with van der Waals surface area (Å²) < 4.78 is 0.955. The van der Waals surface area contributed by atoms with Crippen LogP contribution in [0.1, 0.15) is 11.1 Å². The van der Waals surface area contributed by atoms with E-state index in [9.17, 15) is 0 Å². The molecule has 0 spiro atoms. The van der Waals surface area contributed by atoms with Crippen molar-refractivity contribution >= 4 is 33.2 Å². The van der Waals surface area contributed by atoms with Gasteiger partial charge in [0.25, 0.3) is 0 Å². The van der Waals surface area contributed by atoms with E-state index in [-0.39, 0.29) is 11.5 Å². The number of amidine groups is 1. The summed E-state index contributed by atoms with van der Waals surface area (Å²) in [6.07, 6.45) is 0. The smallest absolute Gasteiger partial charge is 0.201 e. The SMILES string of the molecule is Cc1cc(Br)c(C)c(N/N=C(\C#N)C(=N)N)c1. The van der Waals surface area contributed by atoms with Gasteiger partial charge in [-0.25, -0.2) is 0 Å². The van der Waals surface area contributed by atoms with Gasteiger partial charge in [-0.3, -0.25) is 10.8 Å². The number of hydrogen-bond acceptors (Lipinski definition) is 4. The van der Waals surface area contributed by atoms with Crippen molar-refractivity contribution in [1.29, 1.82) is 10.7 Å². The lowest BCUT2D eigenvalue weighted by molar-refractivity contribution is 1.27. The highest BCUT2D eigenvalue weighted by atomic mass is 79.9. The monoisotopic (exact) mass is 293 g/mol. The Labute approximate surface area is 108 Å². The van der Waals surface area contributed by atoms with Crippen LogP contribution in [0.25, 0.3) is 0 Å². The first-order chi connectivity index (χ1) is 7.95. The lowest BCUT2D eigenvalue weighted by Crippen LogP contribution is -2.22. The molecule has 88 valence electrons. The Morgan fingerprint density at radius 3 is 2.71 bits per heavy atom. The van der Waals surface area contributed by atoms with Gasteiger partial charge in [0, 0.05) is 4.47 Å². The lowest BCUT2D eigenvalue weighted by Gasteiger charge is -2.08. The van der Waals surface area contributed by atoms with Gasteiger partial charge in [-0.1, -0.05) is 15.9 Å². The predicted molar refractivity (Wildman–Crippen MR) is 72.2 cm³/mol. The van der Waals surface area contributed by atoms with Gasteiger partial charge in [-0.05, 0) is 37.1 Å². The van der Waals surface area contributed by atoms with E-state index in [2.05, 4.69) is 26.5 Å². The van der Waals surface area contributed by atoms with Crippen molar-refractivity contribution in [2.45, 2.75) is 13.8 Å². The zero-order valence-electron chi connectivity index (χ0n) is 9.50. The van der Waals surface area contributed by atoms with E-state index < -0.39 is 0 Å². The Morgan fingerprint density at radius 1 is 1.53 bits per heavy atom. The second-order valence-corrected chi connectivity index (χ2v) is 4.37. The average Bonchev–Trinajstić information content (AvgIpc) is 2.25. The second kappa shape index (κ2) is 5.46. The number of nitriles is 1. The molecular formula is C11H12BrN5. The predicted octanol–water partition coefficient (Wildman–Crippen LogP) is 2.29. The number of benzene rings is 1. The molecule has 0 aromatic heterocycles. The van der Waals surface area contributed by atoms with Crippen LogP contribution in [0.2, 0.25) is 0 Å². The first-order valence-corrected chi connectivity index (χ1v) is 5.60. The maximum Gasteiger partial charge on any atom is 0.201 e. The molecule has 0 fully saturated rings. The van der Waals surface area contributed by atoms with Crippen molar-refractivity contribution in [3.63, 3.8) is 0 Å². The number of nitrogens with zero attached hydrogens (tertiary/aromatic N) is 2. The van der Waals surface area contributed by atoms with Crippen LogP contribution in [0.15, 0.2) is 21.7 Å². The van der Waals surface area contributed by atoms with Gasteiger partial charge in [-0.2, -0.15) is 10.4 Å². The van der Waals surface area contributed by atoms with Crippen LogP contribution in [0.4, 0.5) is 5.69 Å².